The first-order valence-electron chi connectivity index (χ1n) is 7.82. The van der Waals surface area contributed by atoms with E-state index in [1.54, 1.807) is 24.3 Å². The van der Waals surface area contributed by atoms with Crippen molar-refractivity contribution in [3.63, 3.8) is 0 Å². The highest BCUT2D eigenvalue weighted by molar-refractivity contribution is 5.95. The summed E-state index contributed by atoms with van der Waals surface area (Å²) < 4.78 is 33.2. The molecule has 2 nitrogen and oxygen atoms in total. The molecular weight excluding hydrogens is 322 g/mol. The largest absolute Gasteiger partial charge is 0.488 e. The summed E-state index contributed by atoms with van der Waals surface area (Å²) in [7, 11) is 0. The molecule has 0 heterocycles. The molecule has 0 saturated carbocycles. The topological polar surface area (TPSA) is 26.3 Å². The van der Waals surface area contributed by atoms with E-state index in [0.717, 1.165) is 17.7 Å². The smallest absolute Gasteiger partial charge is 0.162 e. The zero-order chi connectivity index (χ0) is 17.8. The second kappa shape index (κ2) is 7.26. The molecule has 0 aliphatic carbocycles. The molecule has 4 heteroatoms. The normalized spacial score (nSPS) is 10.5. The molecule has 0 atom stereocenters. The minimum atomic E-state index is -0.977. The SMILES string of the molecule is CC(=O)c1cccc(-c2cc(F)c(F)cc2OCc2ccccc2)c1. The van der Waals surface area contributed by atoms with E-state index in [9.17, 15) is 13.6 Å². The van der Waals surface area contributed by atoms with Crippen LogP contribution in [0.25, 0.3) is 11.1 Å². The van der Waals surface area contributed by atoms with E-state index in [-0.39, 0.29) is 18.1 Å². The van der Waals surface area contributed by atoms with Gasteiger partial charge in [0.2, 0.25) is 0 Å². The third-order valence-electron chi connectivity index (χ3n) is 3.84. The van der Waals surface area contributed by atoms with Crippen LogP contribution in [0.15, 0.2) is 66.7 Å². The Morgan fingerprint density at radius 1 is 0.920 bits per heavy atom. The molecule has 0 radical (unpaired) electrons. The van der Waals surface area contributed by atoms with Crippen LogP contribution in [0.5, 0.6) is 5.75 Å². The van der Waals surface area contributed by atoms with Crippen LogP contribution in [0.2, 0.25) is 0 Å². The van der Waals surface area contributed by atoms with Crippen LogP contribution in [0.3, 0.4) is 0 Å². The Morgan fingerprint density at radius 2 is 1.64 bits per heavy atom. The molecule has 0 spiro atoms. The number of Topliss-reactive ketones (excluding diaryl/α,β-unsaturated/α-hetero) is 1. The van der Waals surface area contributed by atoms with Gasteiger partial charge in [0.1, 0.15) is 12.4 Å². The number of rotatable bonds is 5. The number of hydrogen-bond donors (Lipinski definition) is 0. The van der Waals surface area contributed by atoms with Gasteiger partial charge in [-0.2, -0.15) is 0 Å². The Kier molecular flexibility index (Phi) is 4.89. The van der Waals surface area contributed by atoms with Crippen molar-refractivity contribution >= 4 is 5.78 Å². The van der Waals surface area contributed by atoms with Crippen molar-refractivity contribution in [2.24, 2.45) is 0 Å². The summed E-state index contributed by atoms with van der Waals surface area (Å²) in [6, 6.07) is 18.3. The molecule has 0 N–H and O–H groups in total. The number of ketones is 1. The summed E-state index contributed by atoms with van der Waals surface area (Å²) in [5, 5.41) is 0. The summed E-state index contributed by atoms with van der Waals surface area (Å²) >= 11 is 0. The van der Waals surface area contributed by atoms with Gasteiger partial charge in [-0.25, -0.2) is 8.78 Å². The van der Waals surface area contributed by atoms with Gasteiger partial charge in [0, 0.05) is 17.2 Å². The number of halogens is 2. The Bertz CT molecular complexity index is 905. The molecule has 0 fully saturated rings. The second-order valence-corrected chi connectivity index (χ2v) is 5.67. The minimum absolute atomic E-state index is 0.101. The first-order chi connectivity index (χ1) is 12.0. The molecule has 25 heavy (non-hydrogen) atoms. The van der Waals surface area contributed by atoms with Gasteiger partial charge < -0.3 is 4.74 Å². The van der Waals surface area contributed by atoms with Crippen LogP contribution in [0, 0.1) is 11.6 Å². The number of hydrogen-bond acceptors (Lipinski definition) is 2. The van der Waals surface area contributed by atoms with Gasteiger partial charge in [-0.05, 0) is 30.2 Å². The standard InChI is InChI=1S/C21H16F2O2/c1-14(24)16-8-5-9-17(10-16)18-11-19(22)20(23)12-21(18)25-13-15-6-3-2-4-7-15/h2-12H,13H2,1H3. The van der Waals surface area contributed by atoms with Crippen molar-refractivity contribution in [1.82, 2.24) is 0 Å². The van der Waals surface area contributed by atoms with Crippen LogP contribution < -0.4 is 4.74 Å². The maximum Gasteiger partial charge on any atom is 0.162 e. The molecule has 0 unspecified atom stereocenters. The van der Waals surface area contributed by atoms with Crippen molar-refractivity contribution in [3.8, 4) is 16.9 Å². The number of ether oxygens (including phenoxy) is 1. The third-order valence-corrected chi connectivity index (χ3v) is 3.84. The van der Waals surface area contributed by atoms with Gasteiger partial charge >= 0.3 is 0 Å². The van der Waals surface area contributed by atoms with Crippen LogP contribution in [0.1, 0.15) is 22.8 Å². The predicted octanol–water partition coefficient (Wildman–Crippen LogP) is 5.41. The van der Waals surface area contributed by atoms with Gasteiger partial charge in [-0.3, -0.25) is 4.79 Å². The predicted molar refractivity (Wildman–Crippen MR) is 92.6 cm³/mol. The van der Waals surface area contributed by atoms with Crippen LogP contribution in [0.4, 0.5) is 8.78 Å². The summed E-state index contributed by atoms with van der Waals surface area (Å²) in [6.07, 6.45) is 0. The molecular formula is C21H16F2O2. The fourth-order valence-electron chi connectivity index (χ4n) is 2.51. The maximum atomic E-state index is 13.8. The van der Waals surface area contributed by atoms with Crippen LogP contribution >= 0.6 is 0 Å². The van der Waals surface area contributed by atoms with E-state index in [1.807, 2.05) is 30.3 Å². The highest BCUT2D eigenvalue weighted by Crippen LogP contribution is 2.33. The molecule has 126 valence electrons. The molecule has 3 rings (SSSR count). The van der Waals surface area contributed by atoms with E-state index >= 15 is 0 Å². The van der Waals surface area contributed by atoms with Crippen LogP contribution in [-0.4, -0.2) is 5.78 Å². The lowest BCUT2D eigenvalue weighted by Gasteiger charge is -2.13. The Balaban J connectivity index is 1.99. The van der Waals surface area contributed by atoms with E-state index in [4.69, 9.17) is 4.74 Å². The van der Waals surface area contributed by atoms with Gasteiger partial charge in [-0.15, -0.1) is 0 Å². The molecule has 0 amide bonds. The number of benzene rings is 3. The molecule has 0 saturated heterocycles. The average molecular weight is 338 g/mol. The summed E-state index contributed by atoms with van der Waals surface area (Å²) in [5.41, 5.74) is 2.40. The molecule has 0 aromatic heterocycles. The average Bonchev–Trinajstić information content (AvgIpc) is 2.63. The molecule has 0 aliphatic rings. The Labute approximate surface area is 144 Å². The first kappa shape index (κ1) is 16.8. The fourth-order valence-corrected chi connectivity index (χ4v) is 2.51. The number of carbonyl (C=O) groups is 1. The Morgan fingerprint density at radius 3 is 2.36 bits per heavy atom. The van der Waals surface area contributed by atoms with Crippen molar-refractivity contribution < 1.29 is 18.3 Å². The van der Waals surface area contributed by atoms with Gasteiger partial charge in [0.15, 0.2) is 17.4 Å². The maximum absolute atomic E-state index is 13.8. The van der Waals surface area contributed by atoms with E-state index in [1.165, 1.54) is 6.92 Å². The summed E-state index contributed by atoms with van der Waals surface area (Å²) in [5.74, 6) is -1.82. The monoisotopic (exact) mass is 338 g/mol. The van der Waals surface area contributed by atoms with E-state index < -0.39 is 11.6 Å². The van der Waals surface area contributed by atoms with Crippen molar-refractivity contribution in [1.29, 1.82) is 0 Å². The van der Waals surface area contributed by atoms with Crippen molar-refractivity contribution in [2.75, 3.05) is 0 Å². The zero-order valence-electron chi connectivity index (χ0n) is 13.6. The molecule has 0 bridgehead atoms. The van der Waals surface area contributed by atoms with Gasteiger partial charge in [-0.1, -0.05) is 48.5 Å². The first-order valence-corrected chi connectivity index (χ1v) is 7.82. The molecule has 3 aromatic carbocycles. The van der Waals surface area contributed by atoms with Gasteiger partial charge in [0.05, 0.1) is 0 Å². The van der Waals surface area contributed by atoms with Crippen molar-refractivity contribution in [2.45, 2.75) is 13.5 Å². The second-order valence-electron chi connectivity index (χ2n) is 5.67. The number of carbonyl (C=O) groups excluding carboxylic acids is 1. The molecule has 3 aromatic rings. The van der Waals surface area contributed by atoms with E-state index in [0.29, 0.717) is 16.7 Å². The highest BCUT2D eigenvalue weighted by Gasteiger charge is 2.14. The highest BCUT2D eigenvalue weighted by atomic mass is 19.2. The molecule has 0 aliphatic heterocycles. The van der Waals surface area contributed by atoms with E-state index in [2.05, 4.69) is 0 Å². The van der Waals surface area contributed by atoms with Gasteiger partial charge in [0.25, 0.3) is 0 Å². The quantitative estimate of drug-likeness (QED) is 0.581. The zero-order valence-corrected chi connectivity index (χ0v) is 13.6. The van der Waals surface area contributed by atoms with Crippen molar-refractivity contribution in [3.05, 3.63) is 89.5 Å². The summed E-state index contributed by atoms with van der Waals surface area (Å²) in [6.45, 7) is 1.68. The van der Waals surface area contributed by atoms with Crippen LogP contribution in [-0.2, 0) is 6.61 Å². The minimum Gasteiger partial charge on any atom is -0.488 e. The third kappa shape index (κ3) is 3.91. The fraction of sp³-hybridized carbons (Fsp3) is 0.0952. The lowest BCUT2D eigenvalue weighted by atomic mass is 10.0. The summed E-state index contributed by atoms with van der Waals surface area (Å²) in [4.78, 5) is 11.6. The lowest BCUT2D eigenvalue weighted by Crippen LogP contribution is -1.99. The lowest BCUT2D eigenvalue weighted by molar-refractivity contribution is 0.101. The Hall–Kier alpha value is -3.01.